The lowest BCUT2D eigenvalue weighted by molar-refractivity contribution is -0.138. The fourth-order valence-corrected chi connectivity index (χ4v) is 3.38. The third-order valence-electron chi connectivity index (χ3n) is 4.73. The molecule has 4 rings (SSSR count). The third kappa shape index (κ3) is 2.94. The Kier molecular flexibility index (Phi) is 3.84. The van der Waals surface area contributed by atoms with Gasteiger partial charge in [0.15, 0.2) is 0 Å². The van der Waals surface area contributed by atoms with Gasteiger partial charge in [0.05, 0.1) is 6.04 Å². The zero-order valence-electron chi connectivity index (χ0n) is 13.5. The molecule has 2 heterocycles. The van der Waals surface area contributed by atoms with E-state index in [-0.39, 0.29) is 30.3 Å². The predicted molar refractivity (Wildman–Crippen MR) is 90.2 cm³/mol. The van der Waals surface area contributed by atoms with Crippen molar-refractivity contribution in [2.24, 2.45) is 0 Å². The summed E-state index contributed by atoms with van der Waals surface area (Å²) in [6.07, 6.45) is 4.04. The molecule has 1 fully saturated rings. The van der Waals surface area contributed by atoms with E-state index in [0.29, 0.717) is 6.54 Å². The number of nitrogens with one attached hydrogen (secondary N) is 1. The SMILES string of the molecule is O=C(CC(=O)N1CCn2cccc2[C@@H]1c1ccccc1)NC1CC1. The largest absolute Gasteiger partial charge is 0.353 e. The van der Waals surface area contributed by atoms with Gasteiger partial charge in [-0.05, 0) is 30.5 Å². The zero-order chi connectivity index (χ0) is 16.5. The van der Waals surface area contributed by atoms with Crippen molar-refractivity contribution in [2.75, 3.05) is 6.54 Å². The van der Waals surface area contributed by atoms with Gasteiger partial charge in [0.1, 0.15) is 6.42 Å². The average molecular weight is 323 g/mol. The molecular weight excluding hydrogens is 302 g/mol. The van der Waals surface area contributed by atoms with Gasteiger partial charge in [-0.2, -0.15) is 0 Å². The lowest BCUT2D eigenvalue weighted by Gasteiger charge is -2.37. The summed E-state index contributed by atoms with van der Waals surface area (Å²) in [4.78, 5) is 26.6. The molecule has 0 radical (unpaired) electrons. The highest BCUT2D eigenvalue weighted by Crippen LogP contribution is 2.32. The van der Waals surface area contributed by atoms with Crippen molar-refractivity contribution in [1.82, 2.24) is 14.8 Å². The molecule has 1 N–H and O–H groups in total. The molecule has 2 aromatic rings. The second-order valence-corrected chi connectivity index (χ2v) is 6.55. The van der Waals surface area contributed by atoms with Gasteiger partial charge in [0.25, 0.3) is 0 Å². The first-order chi connectivity index (χ1) is 11.7. The molecule has 124 valence electrons. The van der Waals surface area contributed by atoms with E-state index in [2.05, 4.69) is 16.0 Å². The first-order valence-electron chi connectivity index (χ1n) is 8.51. The van der Waals surface area contributed by atoms with E-state index < -0.39 is 0 Å². The Labute approximate surface area is 141 Å². The number of benzene rings is 1. The van der Waals surface area contributed by atoms with E-state index >= 15 is 0 Å². The second kappa shape index (κ2) is 6.15. The maximum absolute atomic E-state index is 12.8. The summed E-state index contributed by atoms with van der Waals surface area (Å²) in [6.45, 7) is 1.39. The van der Waals surface area contributed by atoms with Gasteiger partial charge >= 0.3 is 0 Å². The van der Waals surface area contributed by atoms with Crippen LogP contribution in [0.4, 0.5) is 0 Å². The molecule has 1 saturated carbocycles. The summed E-state index contributed by atoms with van der Waals surface area (Å²) in [5.74, 6) is -0.260. The van der Waals surface area contributed by atoms with E-state index in [1.165, 1.54) is 0 Å². The predicted octanol–water partition coefficient (Wildman–Crippen LogP) is 2.09. The van der Waals surface area contributed by atoms with Crippen molar-refractivity contribution in [1.29, 1.82) is 0 Å². The summed E-state index contributed by atoms with van der Waals surface area (Å²) in [5.41, 5.74) is 2.18. The van der Waals surface area contributed by atoms with Crippen molar-refractivity contribution in [3.63, 3.8) is 0 Å². The number of hydrogen-bond acceptors (Lipinski definition) is 2. The van der Waals surface area contributed by atoms with Crippen LogP contribution < -0.4 is 5.32 Å². The standard InChI is InChI=1S/C19H21N3O2/c23-17(20-15-8-9-15)13-18(24)22-12-11-21-10-4-7-16(21)19(22)14-5-2-1-3-6-14/h1-7,10,15,19H,8-9,11-13H2,(H,20,23)/t19-/m0/s1. The van der Waals surface area contributed by atoms with E-state index in [9.17, 15) is 9.59 Å². The summed E-state index contributed by atoms with van der Waals surface area (Å²) >= 11 is 0. The lowest BCUT2D eigenvalue weighted by Crippen LogP contribution is -2.44. The minimum Gasteiger partial charge on any atom is -0.353 e. The molecule has 0 bridgehead atoms. The highest BCUT2D eigenvalue weighted by molar-refractivity contribution is 5.97. The van der Waals surface area contributed by atoms with Gasteiger partial charge in [-0.25, -0.2) is 0 Å². The lowest BCUT2D eigenvalue weighted by atomic mass is 9.99. The number of amides is 2. The minimum atomic E-state index is -0.157. The molecule has 0 spiro atoms. The molecule has 1 aliphatic carbocycles. The molecule has 0 unspecified atom stereocenters. The van der Waals surface area contributed by atoms with Crippen molar-refractivity contribution in [3.8, 4) is 0 Å². The number of hydrogen-bond donors (Lipinski definition) is 1. The van der Waals surface area contributed by atoms with Crippen LogP contribution in [0, 0.1) is 0 Å². The summed E-state index contributed by atoms with van der Waals surface area (Å²) in [5, 5.41) is 2.90. The van der Waals surface area contributed by atoms with Crippen LogP contribution in [-0.4, -0.2) is 33.9 Å². The first-order valence-corrected chi connectivity index (χ1v) is 8.51. The third-order valence-corrected chi connectivity index (χ3v) is 4.73. The Morgan fingerprint density at radius 1 is 1.04 bits per heavy atom. The number of nitrogens with zero attached hydrogens (tertiary/aromatic N) is 2. The smallest absolute Gasteiger partial charge is 0.232 e. The number of rotatable bonds is 4. The molecular formula is C19H21N3O2. The monoisotopic (exact) mass is 323 g/mol. The van der Waals surface area contributed by atoms with Gasteiger partial charge < -0.3 is 14.8 Å². The maximum Gasteiger partial charge on any atom is 0.232 e. The van der Waals surface area contributed by atoms with E-state index in [4.69, 9.17) is 0 Å². The first kappa shape index (κ1) is 15.0. The molecule has 1 aliphatic heterocycles. The Hall–Kier alpha value is -2.56. The average Bonchev–Trinajstić information content (AvgIpc) is 3.27. The fourth-order valence-electron chi connectivity index (χ4n) is 3.38. The Bertz CT molecular complexity index is 749. The van der Waals surface area contributed by atoms with Crippen molar-refractivity contribution in [3.05, 3.63) is 59.9 Å². The number of fused-ring (bicyclic) bond motifs is 1. The van der Waals surface area contributed by atoms with Gasteiger partial charge in [0, 0.05) is 31.0 Å². The molecule has 24 heavy (non-hydrogen) atoms. The maximum atomic E-state index is 12.8. The Morgan fingerprint density at radius 3 is 2.58 bits per heavy atom. The molecule has 1 atom stereocenters. The van der Waals surface area contributed by atoms with Crippen molar-refractivity contribution >= 4 is 11.8 Å². The van der Waals surface area contributed by atoms with Crippen LogP contribution in [0.3, 0.4) is 0 Å². The summed E-state index contributed by atoms with van der Waals surface area (Å²) in [7, 11) is 0. The van der Waals surface area contributed by atoms with E-state index in [1.54, 1.807) is 0 Å². The van der Waals surface area contributed by atoms with Crippen LogP contribution in [0.25, 0.3) is 0 Å². The van der Waals surface area contributed by atoms with Crippen LogP contribution in [0.5, 0.6) is 0 Å². The number of carbonyl (C=O) groups excluding carboxylic acids is 2. The second-order valence-electron chi connectivity index (χ2n) is 6.55. The van der Waals surface area contributed by atoms with Crippen LogP contribution in [0.2, 0.25) is 0 Å². The normalized spacial score (nSPS) is 19.7. The molecule has 1 aromatic heterocycles. The van der Waals surface area contributed by atoms with E-state index in [1.807, 2.05) is 47.5 Å². The molecule has 0 saturated heterocycles. The highest BCUT2D eigenvalue weighted by atomic mass is 16.2. The number of carbonyl (C=O) groups is 2. The highest BCUT2D eigenvalue weighted by Gasteiger charge is 2.33. The zero-order valence-corrected chi connectivity index (χ0v) is 13.5. The van der Waals surface area contributed by atoms with Gasteiger partial charge in [-0.15, -0.1) is 0 Å². The van der Waals surface area contributed by atoms with Gasteiger partial charge in [0.2, 0.25) is 11.8 Å². The number of aromatic nitrogens is 1. The molecule has 5 nitrogen and oxygen atoms in total. The Morgan fingerprint density at radius 2 is 1.83 bits per heavy atom. The van der Waals surface area contributed by atoms with E-state index in [0.717, 1.165) is 30.6 Å². The van der Waals surface area contributed by atoms with Crippen LogP contribution in [0.1, 0.15) is 36.6 Å². The fraction of sp³-hybridized carbons (Fsp3) is 0.368. The van der Waals surface area contributed by atoms with Crippen LogP contribution in [-0.2, 0) is 16.1 Å². The van der Waals surface area contributed by atoms with Crippen LogP contribution in [0.15, 0.2) is 48.7 Å². The Balaban J connectivity index is 1.58. The van der Waals surface area contributed by atoms with Crippen molar-refractivity contribution < 1.29 is 9.59 Å². The molecule has 1 aromatic carbocycles. The summed E-state index contributed by atoms with van der Waals surface area (Å²) in [6, 6.07) is 14.3. The summed E-state index contributed by atoms with van der Waals surface area (Å²) < 4.78 is 2.19. The molecule has 2 aliphatic rings. The topological polar surface area (TPSA) is 54.3 Å². The van der Waals surface area contributed by atoms with Gasteiger partial charge in [-0.1, -0.05) is 30.3 Å². The minimum absolute atomic E-state index is 0.0689. The quantitative estimate of drug-likeness (QED) is 0.876. The van der Waals surface area contributed by atoms with Crippen molar-refractivity contribution in [2.45, 2.75) is 37.9 Å². The van der Waals surface area contributed by atoms with Gasteiger partial charge in [-0.3, -0.25) is 9.59 Å². The molecule has 5 heteroatoms. The van der Waals surface area contributed by atoms with Crippen LogP contribution >= 0.6 is 0 Å². The molecule has 2 amide bonds.